The van der Waals surface area contributed by atoms with Gasteiger partial charge in [-0.25, -0.2) is 19.2 Å². The van der Waals surface area contributed by atoms with Crippen molar-refractivity contribution in [3.05, 3.63) is 83.4 Å². The van der Waals surface area contributed by atoms with Gasteiger partial charge in [0.05, 0.1) is 18.4 Å². The average molecular weight is 380 g/mol. The van der Waals surface area contributed by atoms with E-state index in [4.69, 9.17) is 4.74 Å². The third-order valence-electron chi connectivity index (χ3n) is 3.86. The van der Waals surface area contributed by atoms with Gasteiger partial charge in [-0.1, -0.05) is 30.3 Å². The van der Waals surface area contributed by atoms with Crippen LogP contribution in [0.5, 0.6) is 0 Å². The maximum absolute atomic E-state index is 13.7. The largest absolute Gasteiger partial charge is 0.465 e. The fourth-order valence-corrected chi connectivity index (χ4v) is 2.45. The number of ether oxygens (including phenoxy) is 1. The highest BCUT2D eigenvalue weighted by Gasteiger charge is 2.14. The minimum atomic E-state index is -0.512. The number of amides is 1. The molecule has 0 aliphatic carbocycles. The highest BCUT2D eigenvalue weighted by atomic mass is 19.1. The van der Waals surface area contributed by atoms with Crippen LogP contribution in [0.15, 0.2) is 60.8 Å². The molecule has 0 aliphatic heterocycles. The molecule has 0 saturated heterocycles. The van der Waals surface area contributed by atoms with Crippen LogP contribution in [0.4, 0.5) is 16.0 Å². The molecular weight excluding hydrogens is 363 g/mol. The van der Waals surface area contributed by atoms with Crippen LogP contribution in [0.3, 0.4) is 0 Å². The van der Waals surface area contributed by atoms with Gasteiger partial charge in [0, 0.05) is 18.3 Å². The van der Waals surface area contributed by atoms with Gasteiger partial charge in [0.15, 0.2) is 0 Å². The smallest absolute Gasteiger partial charge is 0.339 e. The lowest BCUT2D eigenvalue weighted by molar-refractivity contribution is 0.0601. The number of carbonyl (C=O) groups excluding carboxylic acids is 2. The maximum atomic E-state index is 13.7. The Bertz CT molecular complexity index is 1010. The summed E-state index contributed by atoms with van der Waals surface area (Å²) in [6, 6.07) is 14.3. The van der Waals surface area contributed by atoms with E-state index in [1.807, 2.05) is 0 Å². The van der Waals surface area contributed by atoms with E-state index in [0.717, 1.165) is 0 Å². The number of rotatable bonds is 6. The molecule has 0 unspecified atom stereocenters. The van der Waals surface area contributed by atoms with E-state index in [2.05, 4.69) is 20.6 Å². The number of benzene rings is 2. The monoisotopic (exact) mass is 380 g/mol. The zero-order valence-corrected chi connectivity index (χ0v) is 15.0. The zero-order valence-electron chi connectivity index (χ0n) is 15.0. The van der Waals surface area contributed by atoms with Crippen molar-refractivity contribution in [3.8, 4) is 0 Å². The van der Waals surface area contributed by atoms with Gasteiger partial charge in [-0.3, -0.25) is 4.79 Å². The number of esters is 1. The van der Waals surface area contributed by atoms with Gasteiger partial charge in [-0.05, 0) is 24.3 Å². The van der Waals surface area contributed by atoms with Crippen molar-refractivity contribution in [2.24, 2.45) is 0 Å². The van der Waals surface area contributed by atoms with Crippen molar-refractivity contribution in [3.63, 3.8) is 0 Å². The molecule has 0 atom stereocenters. The van der Waals surface area contributed by atoms with E-state index in [0.29, 0.717) is 16.8 Å². The van der Waals surface area contributed by atoms with Crippen molar-refractivity contribution in [2.75, 3.05) is 12.4 Å². The van der Waals surface area contributed by atoms with E-state index in [9.17, 15) is 14.0 Å². The Morgan fingerprint density at radius 1 is 1.07 bits per heavy atom. The first-order valence-electron chi connectivity index (χ1n) is 8.37. The molecule has 8 heteroatoms. The number of aromatic nitrogens is 2. The van der Waals surface area contributed by atoms with Crippen LogP contribution >= 0.6 is 0 Å². The van der Waals surface area contributed by atoms with E-state index < -0.39 is 17.7 Å². The highest BCUT2D eigenvalue weighted by molar-refractivity contribution is 5.96. The number of methoxy groups -OCH3 is 1. The molecule has 0 radical (unpaired) electrons. The van der Waals surface area contributed by atoms with Crippen LogP contribution in [0.2, 0.25) is 0 Å². The molecule has 1 amide bonds. The lowest BCUT2D eigenvalue weighted by Crippen LogP contribution is -2.24. The van der Waals surface area contributed by atoms with E-state index >= 15 is 0 Å². The molecule has 3 rings (SSSR count). The Morgan fingerprint density at radius 3 is 2.61 bits per heavy atom. The van der Waals surface area contributed by atoms with Crippen LogP contribution < -0.4 is 10.6 Å². The molecule has 28 heavy (non-hydrogen) atoms. The molecule has 2 aromatic carbocycles. The third-order valence-corrected chi connectivity index (χ3v) is 3.86. The molecule has 0 saturated carbocycles. The minimum absolute atomic E-state index is 0.0312. The summed E-state index contributed by atoms with van der Waals surface area (Å²) < 4.78 is 18.4. The Labute approximate surface area is 160 Å². The van der Waals surface area contributed by atoms with E-state index in [1.54, 1.807) is 42.5 Å². The number of para-hydroxylation sites is 1. The SMILES string of the molecule is COC(=O)c1ccccc1Nc1nccc(C(=O)NCc2ccccc2F)n1. The predicted octanol–water partition coefficient (Wildman–Crippen LogP) is 3.08. The van der Waals surface area contributed by atoms with Gasteiger partial charge in [0.2, 0.25) is 5.95 Å². The van der Waals surface area contributed by atoms with Gasteiger partial charge in [-0.2, -0.15) is 0 Å². The van der Waals surface area contributed by atoms with Crippen molar-refractivity contribution in [2.45, 2.75) is 6.54 Å². The number of anilines is 2. The Hall–Kier alpha value is -3.81. The average Bonchev–Trinajstić information content (AvgIpc) is 2.73. The molecule has 0 bridgehead atoms. The molecular formula is C20H17FN4O3. The van der Waals surface area contributed by atoms with Gasteiger partial charge in [-0.15, -0.1) is 0 Å². The van der Waals surface area contributed by atoms with E-state index in [1.165, 1.54) is 25.4 Å². The van der Waals surface area contributed by atoms with Gasteiger partial charge in [0.1, 0.15) is 11.5 Å². The number of halogens is 1. The maximum Gasteiger partial charge on any atom is 0.339 e. The van der Waals surface area contributed by atoms with Crippen LogP contribution in [0, 0.1) is 5.82 Å². The molecule has 2 N–H and O–H groups in total. The number of nitrogens with one attached hydrogen (secondary N) is 2. The first kappa shape index (κ1) is 19.0. The summed E-state index contributed by atoms with van der Waals surface area (Å²) in [4.78, 5) is 32.4. The number of carbonyl (C=O) groups is 2. The van der Waals surface area contributed by atoms with Crippen LogP contribution in [-0.2, 0) is 11.3 Å². The van der Waals surface area contributed by atoms with Crippen molar-refractivity contribution < 1.29 is 18.7 Å². The second-order valence-corrected chi connectivity index (χ2v) is 5.70. The Balaban J connectivity index is 1.73. The van der Waals surface area contributed by atoms with Gasteiger partial charge < -0.3 is 15.4 Å². The summed E-state index contributed by atoms with van der Waals surface area (Å²) in [6.07, 6.45) is 1.41. The summed E-state index contributed by atoms with van der Waals surface area (Å²) in [5, 5.41) is 5.52. The van der Waals surface area contributed by atoms with Crippen LogP contribution in [0.25, 0.3) is 0 Å². The number of nitrogens with zero attached hydrogens (tertiary/aromatic N) is 2. The first-order valence-corrected chi connectivity index (χ1v) is 8.37. The fourth-order valence-electron chi connectivity index (χ4n) is 2.45. The molecule has 7 nitrogen and oxygen atoms in total. The standard InChI is InChI=1S/C20H17FN4O3/c1-28-19(27)14-7-3-5-9-16(14)24-20-22-11-10-17(25-20)18(26)23-12-13-6-2-4-8-15(13)21/h2-11H,12H2,1H3,(H,23,26)(H,22,24,25). The van der Waals surface area contributed by atoms with Crippen molar-refractivity contribution in [1.82, 2.24) is 15.3 Å². The van der Waals surface area contributed by atoms with Crippen LogP contribution in [0.1, 0.15) is 26.4 Å². The zero-order chi connectivity index (χ0) is 19.9. The third kappa shape index (κ3) is 4.47. The number of hydrogen-bond acceptors (Lipinski definition) is 6. The van der Waals surface area contributed by atoms with Gasteiger partial charge >= 0.3 is 5.97 Å². The molecule has 1 aromatic heterocycles. The molecule has 3 aromatic rings. The lowest BCUT2D eigenvalue weighted by Gasteiger charge is -2.10. The highest BCUT2D eigenvalue weighted by Crippen LogP contribution is 2.19. The first-order chi connectivity index (χ1) is 13.6. The molecule has 0 fully saturated rings. The Kier molecular flexibility index (Phi) is 5.91. The lowest BCUT2D eigenvalue weighted by atomic mass is 10.2. The summed E-state index contributed by atoms with van der Waals surface area (Å²) in [7, 11) is 1.29. The molecule has 0 spiro atoms. The fraction of sp³-hybridized carbons (Fsp3) is 0.100. The second-order valence-electron chi connectivity index (χ2n) is 5.70. The van der Waals surface area contributed by atoms with Crippen molar-refractivity contribution in [1.29, 1.82) is 0 Å². The van der Waals surface area contributed by atoms with Crippen LogP contribution in [-0.4, -0.2) is 29.0 Å². The quantitative estimate of drug-likeness (QED) is 0.639. The van der Waals surface area contributed by atoms with Crippen molar-refractivity contribution >= 4 is 23.5 Å². The Morgan fingerprint density at radius 2 is 1.82 bits per heavy atom. The van der Waals surface area contributed by atoms with Gasteiger partial charge in [0.25, 0.3) is 5.91 Å². The number of hydrogen-bond donors (Lipinski definition) is 2. The topological polar surface area (TPSA) is 93.2 Å². The predicted molar refractivity (Wildman–Crippen MR) is 101 cm³/mol. The minimum Gasteiger partial charge on any atom is -0.465 e. The summed E-state index contributed by atoms with van der Waals surface area (Å²) in [5.41, 5.74) is 1.22. The summed E-state index contributed by atoms with van der Waals surface area (Å²) in [6.45, 7) is 0.0312. The molecule has 1 heterocycles. The molecule has 142 valence electrons. The molecule has 0 aliphatic rings. The van der Waals surface area contributed by atoms with E-state index in [-0.39, 0.29) is 18.2 Å². The second kappa shape index (κ2) is 8.72. The summed E-state index contributed by atoms with van der Waals surface area (Å²) in [5.74, 6) is -1.25. The summed E-state index contributed by atoms with van der Waals surface area (Å²) >= 11 is 0. The normalized spacial score (nSPS) is 10.2.